The fourth-order valence-corrected chi connectivity index (χ4v) is 13.0. The molecule has 68 heavy (non-hydrogen) atoms. The number of nitrogens with one attached hydrogen (secondary N) is 1. The Hall–Kier alpha value is -6.56. The minimum Gasteiger partial charge on any atom is -0.456 e. The van der Waals surface area contributed by atoms with Crippen molar-refractivity contribution in [1.29, 1.82) is 0 Å². The van der Waals surface area contributed by atoms with E-state index in [0.717, 1.165) is 90.6 Å². The number of rotatable bonds is 15. The molecular formula is C57H59N6O3S2+. The van der Waals surface area contributed by atoms with Gasteiger partial charge in [-0.15, -0.1) is 22.7 Å². The highest BCUT2D eigenvalue weighted by Crippen LogP contribution is 2.58. The number of aromatic nitrogens is 2. The molecule has 3 aromatic carbocycles. The van der Waals surface area contributed by atoms with Crippen LogP contribution in [0.1, 0.15) is 94.9 Å². The summed E-state index contributed by atoms with van der Waals surface area (Å²) in [6.45, 7) is 17.3. The first-order chi connectivity index (χ1) is 33.2. The van der Waals surface area contributed by atoms with Crippen LogP contribution < -0.4 is 24.4 Å². The molecule has 1 N–H and O–H groups in total. The lowest BCUT2D eigenvalue weighted by molar-refractivity contribution is -0.684. The lowest BCUT2D eigenvalue weighted by Crippen LogP contribution is -2.51. The Labute approximate surface area is 408 Å². The van der Waals surface area contributed by atoms with E-state index in [2.05, 4.69) is 141 Å². The van der Waals surface area contributed by atoms with Gasteiger partial charge in [-0.3, -0.25) is 14.6 Å². The van der Waals surface area contributed by atoms with Crippen molar-refractivity contribution in [2.24, 2.45) is 0 Å². The van der Waals surface area contributed by atoms with Gasteiger partial charge in [0.1, 0.15) is 17.0 Å². The van der Waals surface area contributed by atoms with Crippen LogP contribution in [-0.4, -0.2) is 61.0 Å². The number of anilines is 2. The van der Waals surface area contributed by atoms with Crippen molar-refractivity contribution in [1.82, 2.24) is 15.2 Å². The van der Waals surface area contributed by atoms with E-state index < -0.39 is 5.54 Å². The minimum absolute atomic E-state index is 0.0663. The van der Waals surface area contributed by atoms with Gasteiger partial charge in [-0.25, -0.2) is 0 Å². The Kier molecular flexibility index (Phi) is 12.5. The van der Waals surface area contributed by atoms with E-state index >= 15 is 0 Å². The van der Waals surface area contributed by atoms with Gasteiger partial charge in [0.05, 0.1) is 0 Å². The quantitative estimate of drug-likeness (QED) is 0.103. The minimum atomic E-state index is -0.960. The van der Waals surface area contributed by atoms with Crippen LogP contribution in [0, 0.1) is 13.8 Å². The summed E-state index contributed by atoms with van der Waals surface area (Å²) in [4.78, 5) is 44.4. The number of ether oxygens (including phenoxy) is 1. The number of carbonyl (C=O) groups is 2. The molecule has 0 saturated carbocycles. The summed E-state index contributed by atoms with van der Waals surface area (Å²) in [6, 6.07) is 33.9. The third-order valence-corrected chi connectivity index (χ3v) is 16.4. The summed E-state index contributed by atoms with van der Waals surface area (Å²) in [5.74, 6) is 1.28. The molecule has 10 rings (SSSR count). The van der Waals surface area contributed by atoms with E-state index in [-0.39, 0.29) is 24.9 Å². The summed E-state index contributed by atoms with van der Waals surface area (Å²) in [7, 11) is 0. The van der Waals surface area contributed by atoms with E-state index in [1.807, 2.05) is 75.1 Å². The van der Waals surface area contributed by atoms with Crippen molar-refractivity contribution < 1.29 is 18.9 Å². The van der Waals surface area contributed by atoms with Crippen LogP contribution in [0.2, 0.25) is 0 Å². The second-order valence-electron chi connectivity index (χ2n) is 17.8. The highest BCUT2D eigenvalue weighted by atomic mass is 32.1. The SMILES string of the molecule is CCN(CC)c1ccc2c(c1)Oc1cc(N(CC)CC)ccc1C21c2ccccc2C(=O)N1CCNC(=O)C[n+]1ccc(-c2cc(C3=C(c4cc(-c5ccncc5)sc4C)CCC3)c(C)s2)cc1. The third-order valence-electron chi connectivity index (χ3n) is 14.2. The van der Waals surface area contributed by atoms with Gasteiger partial charge < -0.3 is 24.8 Å². The average Bonchev–Trinajstić information content (AvgIpc) is 4.15. The standard InChI is InChI=1S/C57H58N6O3S2/c1-7-61(8-2)41-18-20-49-51(32-41)66-52-33-42(62(9-3)10-4)19-21-50(52)57(49)48-17-12-11-14-45(48)56(65)63(57)31-28-59-55(64)36-60-29-24-40(25-30-60)54-35-47(38(6)68-54)44-16-13-15-43(44)46-34-53(67-37(46)5)39-22-26-58-27-23-39/h11-12,14,17-27,29-30,32-35H,7-10,13,15-16,28,31,36H2,1-6H3/p+1. The zero-order valence-electron chi connectivity index (χ0n) is 39.9. The van der Waals surface area contributed by atoms with Gasteiger partial charge in [-0.2, -0.15) is 4.57 Å². The zero-order valence-corrected chi connectivity index (χ0v) is 41.5. The molecule has 2 aliphatic heterocycles. The molecule has 1 spiro atoms. The molecule has 2 amide bonds. The van der Waals surface area contributed by atoms with Gasteiger partial charge in [0.25, 0.3) is 11.8 Å². The first-order valence-corrected chi connectivity index (χ1v) is 25.8. The number of benzene rings is 3. The Morgan fingerprint density at radius 3 is 1.81 bits per heavy atom. The maximum absolute atomic E-state index is 14.7. The molecule has 0 radical (unpaired) electrons. The molecule has 346 valence electrons. The second-order valence-corrected chi connectivity index (χ2v) is 20.3. The van der Waals surface area contributed by atoms with Crippen molar-refractivity contribution in [2.75, 3.05) is 49.1 Å². The molecule has 0 saturated heterocycles. The zero-order chi connectivity index (χ0) is 47.1. The molecule has 7 aromatic rings. The van der Waals surface area contributed by atoms with E-state index in [0.29, 0.717) is 12.1 Å². The normalized spacial score (nSPS) is 14.5. The molecule has 3 aliphatic rings. The van der Waals surface area contributed by atoms with E-state index in [9.17, 15) is 9.59 Å². The summed E-state index contributed by atoms with van der Waals surface area (Å²) in [5, 5.41) is 3.17. The van der Waals surface area contributed by atoms with E-state index in [1.54, 1.807) is 0 Å². The third kappa shape index (κ3) is 7.89. The second kappa shape index (κ2) is 18.8. The molecule has 4 aromatic heterocycles. The molecule has 0 unspecified atom stereocenters. The van der Waals surface area contributed by atoms with Crippen molar-refractivity contribution in [3.63, 3.8) is 0 Å². The molecule has 11 heteroatoms. The van der Waals surface area contributed by atoms with E-state index in [1.165, 1.54) is 47.3 Å². The topological polar surface area (TPSA) is 81.9 Å². The Balaban J connectivity index is 0.879. The molecule has 0 atom stereocenters. The maximum Gasteiger partial charge on any atom is 0.286 e. The lowest BCUT2D eigenvalue weighted by Gasteiger charge is -2.45. The Bertz CT molecular complexity index is 2990. The van der Waals surface area contributed by atoms with Crippen molar-refractivity contribution in [3.05, 3.63) is 165 Å². The molecule has 0 fully saturated rings. The molecule has 9 nitrogen and oxygen atoms in total. The van der Waals surface area contributed by atoms with Gasteiger partial charge in [0.15, 0.2) is 12.4 Å². The summed E-state index contributed by atoms with van der Waals surface area (Å²) < 4.78 is 8.79. The molecule has 0 bridgehead atoms. The van der Waals surface area contributed by atoms with Crippen molar-refractivity contribution in [2.45, 2.75) is 72.9 Å². The van der Waals surface area contributed by atoms with Crippen molar-refractivity contribution >= 4 is 57.0 Å². The Morgan fingerprint density at radius 2 is 1.25 bits per heavy atom. The predicted octanol–water partition coefficient (Wildman–Crippen LogP) is 11.9. The number of hydrogen-bond acceptors (Lipinski definition) is 8. The van der Waals surface area contributed by atoms with Crippen LogP contribution >= 0.6 is 22.7 Å². The number of pyridine rings is 2. The first kappa shape index (κ1) is 45.2. The number of amides is 2. The number of aryl methyl sites for hydroxylation is 2. The van der Waals surface area contributed by atoms with Gasteiger partial charge >= 0.3 is 0 Å². The Morgan fingerprint density at radius 1 is 0.706 bits per heavy atom. The van der Waals surface area contributed by atoms with Crippen LogP contribution in [0.15, 0.2) is 122 Å². The number of fused-ring (bicyclic) bond motifs is 6. The number of nitrogens with zero attached hydrogens (tertiary/aromatic N) is 5. The highest BCUT2D eigenvalue weighted by Gasteiger charge is 2.56. The van der Waals surface area contributed by atoms with Crippen LogP contribution in [-0.2, 0) is 16.9 Å². The molecular weight excluding hydrogens is 881 g/mol. The number of allylic oxidation sites excluding steroid dienone is 2. The predicted molar refractivity (Wildman–Crippen MR) is 278 cm³/mol. The maximum atomic E-state index is 14.7. The van der Waals surface area contributed by atoms with Gasteiger partial charge in [0, 0.05) is 129 Å². The van der Waals surface area contributed by atoms with Crippen LogP contribution in [0.4, 0.5) is 11.4 Å². The number of carbonyl (C=O) groups excluding carboxylic acids is 2. The van der Waals surface area contributed by atoms with Gasteiger partial charge in [0.2, 0.25) is 6.54 Å². The van der Waals surface area contributed by atoms with Crippen LogP contribution in [0.5, 0.6) is 11.5 Å². The average molecular weight is 940 g/mol. The monoisotopic (exact) mass is 939 g/mol. The number of hydrogen-bond donors (Lipinski definition) is 1. The summed E-state index contributed by atoms with van der Waals surface area (Å²) in [5.41, 5.74) is 12.6. The fraction of sp³-hybridized carbons (Fsp3) is 0.298. The highest BCUT2D eigenvalue weighted by molar-refractivity contribution is 7.16. The van der Waals surface area contributed by atoms with Gasteiger partial charge in [-0.1, -0.05) is 30.3 Å². The lowest BCUT2D eigenvalue weighted by atomic mass is 9.74. The summed E-state index contributed by atoms with van der Waals surface area (Å²) >= 11 is 3.70. The fourth-order valence-electron chi connectivity index (χ4n) is 10.9. The molecule has 6 heterocycles. The summed E-state index contributed by atoms with van der Waals surface area (Å²) in [6.07, 6.45) is 11.1. The first-order valence-electron chi connectivity index (χ1n) is 24.1. The smallest absolute Gasteiger partial charge is 0.286 e. The van der Waals surface area contributed by atoms with Crippen molar-refractivity contribution in [3.8, 4) is 32.4 Å². The van der Waals surface area contributed by atoms with E-state index in [4.69, 9.17) is 4.74 Å². The largest absolute Gasteiger partial charge is 0.456 e. The van der Waals surface area contributed by atoms with Crippen LogP contribution in [0.25, 0.3) is 32.0 Å². The van der Waals surface area contributed by atoms with Gasteiger partial charge in [-0.05, 0) is 137 Å². The molecule has 1 aliphatic carbocycles. The number of thiophene rings is 2. The van der Waals surface area contributed by atoms with Crippen LogP contribution in [0.3, 0.4) is 0 Å².